The van der Waals surface area contributed by atoms with Crippen LogP contribution in [0, 0.1) is 5.92 Å². The molecule has 1 heterocycles. The Morgan fingerprint density at radius 1 is 1.21 bits per heavy atom. The van der Waals surface area contributed by atoms with Crippen molar-refractivity contribution in [2.24, 2.45) is 5.92 Å². The zero-order valence-electron chi connectivity index (χ0n) is 17.7. The molecule has 1 aliphatic rings. The molecule has 158 valence electrons. The summed E-state index contributed by atoms with van der Waals surface area (Å²) in [6.45, 7) is 9.20. The number of sulfonamides is 1. The molecule has 7 heteroatoms. The van der Waals surface area contributed by atoms with E-state index in [4.69, 9.17) is 4.84 Å². The van der Waals surface area contributed by atoms with Crippen molar-refractivity contribution < 1.29 is 18.0 Å². The number of hydrogen-bond donors (Lipinski definition) is 0. The fraction of sp³-hybridized carbons (Fsp3) is 0.667. The van der Waals surface area contributed by atoms with E-state index >= 15 is 0 Å². The number of hydroxylamine groups is 2. The highest BCUT2D eigenvalue weighted by Gasteiger charge is 2.35. The summed E-state index contributed by atoms with van der Waals surface area (Å²) in [7, 11) is -2.13. The predicted molar refractivity (Wildman–Crippen MR) is 111 cm³/mol. The predicted octanol–water partition coefficient (Wildman–Crippen LogP) is 3.32. The molecule has 0 fully saturated rings. The van der Waals surface area contributed by atoms with E-state index in [1.807, 2.05) is 13.8 Å². The van der Waals surface area contributed by atoms with Gasteiger partial charge in [-0.15, -0.1) is 0 Å². The van der Waals surface area contributed by atoms with E-state index in [9.17, 15) is 13.2 Å². The van der Waals surface area contributed by atoms with Gasteiger partial charge in [0.1, 0.15) is 0 Å². The Labute approximate surface area is 169 Å². The molecule has 1 aliphatic heterocycles. The standard InChI is InChI=1S/C21H34N2O4S/c1-6-17(7-2)21(23(15-24)27-5)14-28(25,26)22-11-10-19-12-18(16(3)4)8-9-20(19)13-22/h8-9,12,15-17,21H,6-7,10-11,13-14H2,1-5H3. The number of carbonyl (C=O) groups is 1. The van der Waals surface area contributed by atoms with E-state index in [0.717, 1.165) is 23.5 Å². The van der Waals surface area contributed by atoms with Crippen molar-refractivity contribution in [1.82, 2.24) is 9.37 Å². The van der Waals surface area contributed by atoms with Crippen LogP contribution in [0.3, 0.4) is 0 Å². The molecule has 0 aliphatic carbocycles. The van der Waals surface area contributed by atoms with E-state index in [1.54, 1.807) is 4.31 Å². The number of nitrogens with zero attached hydrogens (tertiary/aromatic N) is 2. The molecule has 1 unspecified atom stereocenters. The minimum absolute atomic E-state index is 0.0607. The number of benzene rings is 1. The van der Waals surface area contributed by atoms with Gasteiger partial charge in [-0.05, 0) is 34.9 Å². The average molecular weight is 411 g/mol. The van der Waals surface area contributed by atoms with Crippen molar-refractivity contribution in [1.29, 1.82) is 0 Å². The molecule has 0 aromatic heterocycles. The van der Waals surface area contributed by atoms with Crippen molar-refractivity contribution >= 4 is 16.4 Å². The highest BCUT2D eigenvalue weighted by atomic mass is 32.2. The summed E-state index contributed by atoms with van der Waals surface area (Å²) in [5.41, 5.74) is 3.59. The molecular formula is C21H34N2O4S. The van der Waals surface area contributed by atoms with Crippen molar-refractivity contribution in [3.05, 3.63) is 34.9 Å². The second-order valence-electron chi connectivity index (χ2n) is 7.84. The summed E-state index contributed by atoms with van der Waals surface area (Å²) >= 11 is 0. The van der Waals surface area contributed by atoms with Gasteiger partial charge in [-0.25, -0.2) is 13.5 Å². The first-order chi connectivity index (χ1) is 13.3. The van der Waals surface area contributed by atoms with Crippen LogP contribution in [0.1, 0.15) is 63.1 Å². The molecule has 1 aromatic rings. The fourth-order valence-electron chi connectivity index (χ4n) is 3.97. The lowest BCUT2D eigenvalue weighted by molar-refractivity contribution is -0.177. The summed E-state index contributed by atoms with van der Waals surface area (Å²) < 4.78 is 27.9. The van der Waals surface area contributed by atoms with Crippen molar-refractivity contribution in [3.63, 3.8) is 0 Å². The zero-order chi connectivity index (χ0) is 20.9. The van der Waals surface area contributed by atoms with E-state index in [0.29, 0.717) is 31.8 Å². The molecule has 1 atom stereocenters. The van der Waals surface area contributed by atoms with Crippen LogP contribution in [0.4, 0.5) is 0 Å². The third-order valence-corrected chi connectivity index (χ3v) is 7.74. The Morgan fingerprint density at radius 3 is 2.43 bits per heavy atom. The van der Waals surface area contributed by atoms with E-state index in [-0.39, 0.29) is 11.7 Å². The van der Waals surface area contributed by atoms with Gasteiger partial charge in [-0.2, -0.15) is 4.31 Å². The summed E-state index contributed by atoms with van der Waals surface area (Å²) in [5.74, 6) is 0.396. The van der Waals surface area contributed by atoms with Crippen LogP contribution < -0.4 is 0 Å². The summed E-state index contributed by atoms with van der Waals surface area (Å²) in [6.07, 6.45) is 2.86. The first kappa shape index (κ1) is 22.8. The molecule has 0 bridgehead atoms. The van der Waals surface area contributed by atoms with Crippen LogP contribution in [0.2, 0.25) is 0 Å². The fourth-order valence-corrected chi connectivity index (χ4v) is 5.74. The lowest BCUT2D eigenvalue weighted by atomic mass is 9.94. The maximum absolute atomic E-state index is 13.2. The minimum Gasteiger partial charge on any atom is -0.276 e. The Kier molecular flexibility index (Phi) is 8.04. The van der Waals surface area contributed by atoms with Crippen molar-refractivity contribution in [3.8, 4) is 0 Å². The molecule has 0 spiro atoms. The molecule has 1 aromatic carbocycles. The lowest BCUT2D eigenvalue weighted by Gasteiger charge is -2.35. The topological polar surface area (TPSA) is 66.9 Å². The summed E-state index contributed by atoms with van der Waals surface area (Å²) in [4.78, 5) is 16.6. The highest BCUT2D eigenvalue weighted by Crippen LogP contribution is 2.27. The van der Waals surface area contributed by atoms with E-state index in [2.05, 4.69) is 32.0 Å². The third kappa shape index (κ3) is 5.13. The van der Waals surface area contributed by atoms with Crippen LogP contribution in [-0.2, 0) is 32.6 Å². The number of amides is 1. The Balaban J connectivity index is 2.22. The maximum Gasteiger partial charge on any atom is 0.233 e. The average Bonchev–Trinajstić information content (AvgIpc) is 2.68. The van der Waals surface area contributed by atoms with Crippen LogP contribution in [-0.4, -0.2) is 49.6 Å². The van der Waals surface area contributed by atoms with Crippen LogP contribution in [0.5, 0.6) is 0 Å². The second-order valence-corrected chi connectivity index (χ2v) is 9.85. The minimum atomic E-state index is -3.53. The molecule has 0 radical (unpaired) electrons. The molecule has 1 amide bonds. The van der Waals surface area contributed by atoms with Gasteiger partial charge < -0.3 is 0 Å². The third-order valence-electron chi connectivity index (χ3n) is 5.88. The number of carbonyl (C=O) groups excluding carboxylic acids is 1. The van der Waals surface area contributed by atoms with Gasteiger partial charge in [0, 0.05) is 13.1 Å². The molecule has 0 saturated carbocycles. The Morgan fingerprint density at radius 2 is 1.89 bits per heavy atom. The van der Waals surface area contributed by atoms with Gasteiger partial charge in [-0.3, -0.25) is 9.63 Å². The number of hydrogen-bond acceptors (Lipinski definition) is 4. The Hall–Kier alpha value is -1.44. The molecule has 2 rings (SSSR count). The van der Waals surface area contributed by atoms with Gasteiger partial charge >= 0.3 is 0 Å². The quantitative estimate of drug-likeness (QED) is 0.438. The monoisotopic (exact) mass is 410 g/mol. The molecule has 0 N–H and O–H groups in total. The van der Waals surface area contributed by atoms with Gasteiger partial charge in [0.2, 0.25) is 16.4 Å². The van der Waals surface area contributed by atoms with Crippen molar-refractivity contribution in [2.45, 2.75) is 65.5 Å². The normalized spacial score (nSPS) is 16.2. The smallest absolute Gasteiger partial charge is 0.233 e. The molecule has 0 saturated heterocycles. The van der Waals surface area contributed by atoms with Crippen LogP contribution >= 0.6 is 0 Å². The Bertz CT molecular complexity index is 760. The number of fused-ring (bicyclic) bond motifs is 1. The lowest BCUT2D eigenvalue weighted by Crippen LogP contribution is -2.48. The summed E-state index contributed by atoms with van der Waals surface area (Å²) in [5, 5.41) is 1.15. The maximum atomic E-state index is 13.2. The first-order valence-electron chi connectivity index (χ1n) is 10.1. The van der Waals surface area contributed by atoms with E-state index in [1.165, 1.54) is 18.2 Å². The second kappa shape index (κ2) is 9.85. The van der Waals surface area contributed by atoms with Gasteiger partial charge in [0.15, 0.2) is 0 Å². The SMILES string of the molecule is CCC(CC)C(CS(=O)(=O)N1CCc2cc(C(C)C)ccc2C1)N(C=O)OC. The number of rotatable bonds is 10. The molecule has 28 heavy (non-hydrogen) atoms. The van der Waals surface area contributed by atoms with E-state index < -0.39 is 16.1 Å². The van der Waals surface area contributed by atoms with Crippen molar-refractivity contribution in [2.75, 3.05) is 19.4 Å². The largest absolute Gasteiger partial charge is 0.276 e. The van der Waals surface area contributed by atoms with Gasteiger partial charge in [0.05, 0.1) is 18.9 Å². The molecule has 6 nitrogen and oxygen atoms in total. The van der Waals surface area contributed by atoms with Crippen LogP contribution in [0.15, 0.2) is 18.2 Å². The first-order valence-corrected chi connectivity index (χ1v) is 11.7. The summed E-state index contributed by atoms with van der Waals surface area (Å²) in [6, 6.07) is 5.85. The highest BCUT2D eigenvalue weighted by molar-refractivity contribution is 7.89. The van der Waals surface area contributed by atoms with Crippen LogP contribution in [0.25, 0.3) is 0 Å². The molecular weight excluding hydrogens is 376 g/mol. The van der Waals surface area contributed by atoms with Gasteiger partial charge in [-0.1, -0.05) is 58.7 Å². The van der Waals surface area contributed by atoms with Gasteiger partial charge in [0.25, 0.3) is 0 Å². The zero-order valence-corrected chi connectivity index (χ0v) is 18.5.